The van der Waals surface area contributed by atoms with Crippen molar-refractivity contribution < 1.29 is 8.85 Å². The van der Waals surface area contributed by atoms with Crippen LogP contribution in [0.1, 0.15) is 17.5 Å². The lowest BCUT2D eigenvalue weighted by molar-refractivity contribution is 0.233. The molecule has 0 radical (unpaired) electrons. The second kappa shape index (κ2) is 6.16. The molecular formula is C11H15Cl3O2Si2. The van der Waals surface area contributed by atoms with Crippen molar-refractivity contribution in [3.8, 4) is 5.75 Å². The summed E-state index contributed by atoms with van der Waals surface area (Å²) in [4.78, 5) is 0. The third-order valence-corrected chi connectivity index (χ3v) is 6.66. The molecule has 1 atom stereocenters. The first kappa shape index (κ1) is 14.7. The van der Waals surface area contributed by atoms with Gasteiger partial charge >= 0.3 is 15.3 Å². The van der Waals surface area contributed by atoms with Crippen molar-refractivity contribution in [3.05, 3.63) is 29.3 Å². The van der Waals surface area contributed by atoms with Gasteiger partial charge in [0.05, 0.1) is 6.61 Å². The number of rotatable bonds is 4. The summed E-state index contributed by atoms with van der Waals surface area (Å²) in [7, 11) is -1.44. The van der Waals surface area contributed by atoms with Crippen molar-refractivity contribution in [1.82, 2.24) is 0 Å². The van der Waals surface area contributed by atoms with Gasteiger partial charge in [0, 0.05) is 5.56 Å². The quantitative estimate of drug-likeness (QED) is 0.608. The predicted molar refractivity (Wildman–Crippen MR) is 81.3 cm³/mol. The molecule has 1 aliphatic rings. The molecule has 0 aliphatic carbocycles. The maximum absolute atomic E-state index is 5.87. The summed E-state index contributed by atoms with van der Waals surface area (Å²) in [5.41, 5.74) is 2.38. The highest BCUT2D eigenvalue weighted by molar-refractivity contribution is 7.64. The van der Waals surface area contributed by atoms with Gasteiger partial charge in [-0.3, -0.25) is 0 Å². The molecule has 1 aliphatic heterocycles. The molecule has 0 saturated carbocycles. The monoisotopic (exact) mass is 340 g/mol. The van der Waals surface area contributed by atoms with Crippen LogP contribution in [0.5, 0.6) is 5.75 Å². The van der Waals surface area contributed by atoms with Gasteiger partial charge in [0.25, 0.3) is 0 Å². The van der Waals surface area contributed by atoms with Crippen LogP contribution in [0.2, 0.25) is 12.6 Å². The Kier molecular flexibility index (Phi) is 5.02. The second-order valence-electron chi connectivity index (χ2n) is 4.41. The Morgan fingerprint density at radius 3 is 2.83 bits per heavy atom. The van der Waals surface area contributed by atoms with Crippen molar-refractivity contribution >= 4 is 48.5 Å². The molecule has 100 valence electrons. The van der Waals surface area contributed by atoms with Gasteiger partial charge in [-0.25, -0.2) is 0 Å². The molecule has 0 fully saturated rings. The zero-order valence-corrected chi connectivity index (χ0v) is 14.5. The van der Waals surface area contributed by atoms with Gasteiger partial charge < -0.3 is 8.85 Å². The minimum Gasteiger partial charge on any atom is -0.522 e. The van der Waals surface area contributed by atoms with Gasteiger partial charge in [0.15, 0.2) is 0 Å². The Morgan fingerprint density at radius 1 is 1.33 bits per heavy atom. The van der Waals surface area contributed by atoms with Crippen molar-refractivity contribution in [2.24, 2.45) is 0 Å². The molecule has 1 aromatic carbocycles. The summed E-state index contributed by atoms with van der Waals surface area (Å²) >= 11 is 17.6. The molecule has 0 aromatic heterocycles. The highest BCUT2D eigenvalue weighted by Crippen LogP contribution is 2.29. The lowest BCUT2D eigenvalue weighted by atomic mass is 10.1. The predicted octanol–water partition coefficient (Wildman–Crippen LogP) is 4.03. The lowest BCUT2D eigenvalue weighted by Crippen LogP contribution is -2.26. The molecule has 2 rings (SSSR count). The van der Waals surface area contributed by atoms with E-state index >= 15 is 0 Å². The van der Waals surface area contributed by atoms with E-state index in [0.717, 1.165) is 24.2 Å². The van der Waals surface area contributed by atoms with Crippen molar-refractivity contribution in [2.75, 3.05) is 0 Å². The maximum Gasteiger partial charge on any atom is 0.379 e. The van der Waals surface area contributed by atoms with E-state index in [2.05, 4.69) is 12.1 Å². The molecule has 1 unspecified atom stereocenters. The van der Waals surface area contributed by atoms with Crippen LogP contribution in [0, 0.1) is 0 Å². The molecule has 0 amide bonds. The Hall–Kier alpha value is 0.284. The molecule has 2 nitrogen and oxygen atoms in total. The van der Waals surface area contributed by atoms with E-state index in [1.165, 1.54) is 5.56 Å². The first-order valence-corrected chi connectivity index (χ1v) is 13.2. The van der Waals surface area contributed by atoms with Crippen LogP contribution in [0.15, 0.2) is 18.2 Å². The first-order valence-electron chi connectivity index (χ1n) is 5.91. The fraction of sp³-hybridized carbons (Fsp3) is 0.455. The van der Waals surface area contributed by atoms with Crippen molar-refractivity contribution in [1.29, 1.82) is 0 Å². The molecule has 0 N–H and O–H groups in total. The largest absolute Gasteiger partial charge is 0.522 e. The molecular weight excluding hydrogens is 327 g/mol. The minimum atomic E-state index is -2.48. The van der Waals surface area contributed by atoms with E-state index in [-0.39, 0.29) is 0 Å². The molecule has 0 saturated heterocycles. The average Bonchev–Trinajstić information content (AvgIpc) is 2.27. The summed E-state index contributed by atoms with van der Waals surface area (Å²) < 4.78 is 11.3. The summed E-state index contributed by atoms with van der Waals surface area (Å²) in [5.74, 6) is 0.972. The van der Waals surface area contributed by atoms with Crippen LogP contribution < -0.4 is 4.43 Å². The number of hydrogen-bond acceptors (Lipinski definition) is 2. The van der Waals surface area contributed by atoms with Crippen LogP contribution in [-0.2, 0) is 17.5 Å². The van der Waals surface area contributed by atoms with Crippen LogP contribution in [-0.4, -0.2) is 15.3 Å². The van der Waals surface area contributed by atoms with Crippen molar-refractivity contribution in [2.45, 2.75) is 32.0 Å². The van der Waals surface area contributed by atoms with E-state index in [0.29, 0.717) is 12.7 Å². The van der Waals surface area contributed by atoms with Gasteiger partial charge in [-0.1, -0.05) is 6.07 Å². The molecule has 1 heterocycles. The highest BCUT2D eigenvalue weighted by atomic mass is 35.8. The third-order valence-electron chi connectivity index (χ3n) is 2.82. The molecule has 1 aromatic rings. The van der Waals surface area contributed by atoms with Gasteiger partial charge in [-0.05, 0) is 43.1 Å². The normalized spacial score (nSPS) is 19.2. The second-order valence-corrected chi connectivity index (χ2v) is 15.4. The smallest absolute Gasteiger partial charge is 0.379 e. The molecule has 7 heteroatoms. The number of hydrogen-bond donors (Lipinski definition) is 0. The Bertz CT molecular complexity index is 423. The van der Waals surface area contributed by atoms with E-state index in [1.54, 1.807) is 0 Å². The molecule has 18 heavy (non-hydrogen) atoms. The Balaban J connectivity index is 1.95. The maximum atomic E-state index is 5.87. The average molecular weight is 342 g/mol. The van der Waals surface area contributed by atoms with Gasteiger partial charge in [0.1, 0.15) is 5.75 Å². The van der Waals surface area contributed by atoms with Crippen LogP contribution in [0.3, 0.4) is 0 Å². The zero-order valence-electron chi connectivity index (χ0n) is 10.1. The van der Waals surface area contributed by atoms with Crippen molar-refractivity contribution in [3.63, 3.8) is 0 Å². The fourth-order valence-electron chi connectivity index (χ4n) is 1.93. The molecule has 0 bridgehead atoms. The summed E-state index contributed by atoms with van der Waals surface area (Å²) in [6.07, 6.45) is 1.84. The minimum absolute atomic E-state index is 0.662. The van der Waals surface area contributed by atoms with E-state index < -0.39 is 15.3 Å². The standard InChI is InChI=1S/C11H15Cl3O2Si2/c1-17-15-8-10-7-9(4-5-11(10)16-17)3-2-6-18(12,13)14/h4-5,7,17H,2-3,6,8H2,1H3. The molecule has 0 spiro atoms. The van der Waals surface area contributed by atoms with Crippen LogP contribution in [0.25, 0.3) is 0 Å². The SMILES string of the molecule is C[SiH]1OCc2cc(CCC[Si](Cl)(Cl)Cl)ccc2O1. The van der Waals surface area contributed by atoms with Gasteiger partial charge in [-0.2, -0.15) is 0 Å². The summed E-state index contributed by atoms with van der Waals surface area (Å²) in [6.45, 7) is 2.69. The van der Waals surface area contributed by atoms with E-state index in [9.17, 15) is 0 Å². The Labute approximate surface area is 124 Å². The topological polar surface area (TPSA) is 18.5 Å². The first-order chi connectivity index (χ1) is 8.44. The summed E-state index contributed by atoms with van der Waals surface area (Å²) in [5, 5.41) is 0. The Morgan fingerprint density at radius 2 is 2.11 bits per heavy atom. The fourth-order valence-corrected chi connectivity index (χ4v) is 4.78. The van der Waals surface area contributed by atoms with Crippen LogP contribution >= 0.6 is 33.2 Å². The third kappa shape index (κ3) is 4.44. The zero-order chi connectivity index (χ0) is 13.2. The van der Waals surface area contributed by atoms with Gasteiger partial charge in [-0.15, -0.1) is 33.2 Å². The van der Waals surface area contributed by atoms with Gasteiger partial charge in [0.2, 0.25) is 0 Å². The highest BCUT2D eigenvalue weighted by Gasteiger charge is 2.24. The van der Waals surface area contributed by atoms with Crippen LogP contribution in [0.4, 0.5) is 0 Å². The van der Waals surface area contributed by atoms with E-state index in [4.69, 9.17) is 42.1 Å². The number of benzene rings is 1. The number of fused-ring (bicyclic) bond motifs is 1. The van der Waals surface area contributed by atoms with E-state index in [1.807, 2.05) is 12.6 Å². The number of aryl methyl sites for hydroxylation is 1. The number of halogens is 3. The summed E-state index contributed by atoms with van der Waals surface area (Å²) in [6, 6.07) is 4.48. The lowest BCUT2D eigenvalue weighted by Gasteiger charge is -2.23.